The van der Waals surface area contributed by atoms with Gasteiger partial charge in [-0.3, -0.25) is 0 Å². The zero-order valence-corrected chi connectivity index (χ0v) is 37.6. The molecule has 14 aromatic rings. The van der Waals surface area contributed by atoms with Crippen molar-refractivity contribution >= 4 is 93.1 Å². The summed E-state index contributed by atoms with van der Waals surface area (Å²) >= 11 is 0. The monoisotopic (exact) mass is 878 g/mol. The third-order valence-electron chi connectivity index (χ3n) is 14.1. The number of para-hydroxylation sites is 3. The number of aromatic nitrogens is 1. The van der Waals surface area contributed by atoms with Crippen LogP contribution in [0.25, 0.3) is 115 Å². The zero-order valence-electron chi connectivity index (χ0n) is 37.6. The molecule has 0 unspecified atom stereocenters. The van der Waals surface area contributed by atoms with Crippen molar-refractivity contribution in [1.29, 1.82) is 0 Å². The highest BCUT2D eigenvalue weighted by Gasteiger charge is 2.23. The first-order valence-electron chi connectivity index (χ1n) is 23.6. The maximum Gasteiger partial charge on any atom is 0.135 e. The van der Waals surface area contributed by atoms with Crippen LogP contribution in [0.5, 0.6) is 0 Å². The number of furan rings is 1. The predicted octanol–water partition coefficient (Wildman–Crippen LogP) is 18.6. The topological polar surface area (TPSA) is 21.3 Å². The maximum absolute atomic E-state index is 6.34. The Morgan fingerprint density at radius 1 is 0.304 bits per heavy atom. The molecule has 0 aliphatic carbocycles. The van der Waals surface area contributed by atoms with Crippen LogP contribution in [0.4, 0.5) is 17.1 Å². The molecule has 14 rings (SSSR count). The van der Waals surface area contributed by atoms with E-state index in [-0.39, 0.29) is 0 Å². The van der Waals surface area contributed by atoms with E-state index in [4.69, 9.17) is 4.42 Å². The fraction of sp³-hybridized carbons (Fsp3) is 0. The van der Waals surface area contributed by atoms with Gasteiger partial charge in [0.15, 0.2) is 0 Å². The summed E-state index contributed by atoms with van der Waals surface area (Å²) in [6.45, 7) is 0. The Bertz CT molecular complexity index is 4310. The Hall–Kier alpha value is -9.18. The van der Waals surface area contributed by atoms with Gasteiger partial charge >= 0.3 is 0 Å². The molecule has 0 radical (unpaired) electrons. The van der Waals surface area contributed by atoms with Crippen molar-refractivity contribution in [2.75, 3.05) is 4.90 Å². The van der Waals surface area contributed by atoms with Gasteiger partial charge in [-0.1, -0.05) is 170 Å². The first-order valence-corrected chi connectivity index (χ1v) is 23.6. The van der Waals surface area contributed by atoms with Gasteiger partial charge in [0.25, 0.3) is 0 Å². The molecule has 12 aromatic carbocycles. The molecule has 0 atom stereocenters. The number of anilines is 3. The number of rotatable bonds is 7. The number of fused-ring (bicyclic) bond motifs is 10. The van der Waals surface area contributed by atoms with Gasteiger partial charge in [0, 0.05) is 44.2 Å². The van der Waals surface area contributed by atoms with E-state index in [0.29, 0.717) is 0 Å². The SMILES string of the molecule is c1ccc(-n2c3ccccc3c3cc(-c4ccc(N(c5ccc6c(ccc7ccccc76)c5)c5cccc(-c6ccc7oc8ccccc8c7c6)c5-c5ccc6ccccc6c5)cc4)ccc32)cc1. The van der Waals surface area contributed by atoms with Crippen LogP contribution in [0.3, 0.4) is 0 Å². The third kappa shape index (κ3) is 6.43. The van der Waals surface area contributed by atoms with Gasteiger partial charge in [-0.2, -0.15) is 0 Å². The summed E-state index contributed by atoms with van der Waals surface area (Å²) in [5.74, 6) is 0. The molecule has 0 N–H and O–H groups in total. The van der Waals surface area contributed by atoms with Gasteiger partial charge in [-0.05, 0) is 145 Å². The maximum atomic E-state index is 6.34. The van der Waals surface area contributed by atoms with E-state index in [9.17, 15) is 0 Å². The average molecular weight is 879 g/mol. The summed E-state index contributed by atoms with van der Waals surface area (Å²) in [6, 6.07) is 92.8. The molecule has 0 saturated heterocycles. The Kier molecular flexibility index (Phi) is 8.90. The van der Waals surface area contributed by atoms with E-state index in [1.54, 1.807) is 0 Å². The molecule has 2 aromatic heterocycles. The van der Waals surface area contributed by atoms with Gasteiger partial charge in [-0.15, -0.1) is 0 Å². The molecule has 322 valence electrons. The molecule has 0 aliphatic rings. The van der Waals surface area contributed by atoms with E-state index in [1.807, 2.05) is 6.07 Å². The second kappa shape index (κ2) is 15.7. The fourth-order valence-electron chi connectivity index (χ4n) is 10.9. The van der Waals surface area contributed by atoms with Gasteiger partial charge in [-0.25, -0.2) is 0 Å². The standard InChI is InChI=1S/C66H42N2O/c1-2-16-51(17-3-1)68-61-22-10-8-19-57(61)59-41-47(31-37-62(59)68)44-29-33-52(34-30-44)67(53-35-36-55-48(40-53)27-26-45-14-6-7-18-54(45)55)63-23-12-21-56(66(63)50-28-25-43-13-4-5-15-46(43)39-50)49-32-38-65-60(42-49)58-20-9-11-24-64(58)69-65/h1-42H. The van der Waals surface area contributed by atoms with Gasteiger partial charge in [0.1, 0.15) is 11.2 Å². The highest BCUT2D eigenvalue weighted by molar-refractivity contribution is 6.12. The van der Waals surface area contributed by atoms with E-state index in [1.165, 1.54) is 59.7 Å². The quantitative estimate of drug-likeness (QED) is 0.149. The smallest absolute Gasteiger partial charge is 0.135 e. The van der Waals surface area contributed by atoms with Crippen molar-refractivity contribution < 1.29 is 4.42 Å². The van der Waals surface area contributed by atoms with E-state index >= 15 is 0 Å². The number of hydrogen-bond acceptors (Lipinski definition) is 2. The van der Waals surface area contributed by atoms with E-state index < -0.39 is 0 Å². The van der Waals surface area contributed by atoms with Crippen LogP contribution in [-0.2, 0) is 0 Å². The summed E-state index contributed by atoms with van der Waals surface area (Å²) in [6.07, 6.45) is 0. The molecule has 3 nitrogen and oxygen atoms in total. The molecular weight excluding hydrogens is 837 g/mol. The molecule has 3 heteroatoms. The van der Waals surface area contributed by atoms with Crippen LogP contribution < -0.4 is 4.90 Å². The Balaban J connectivity index is 0.976. The number of benzene rings is 12. The van der Waals surface area contributed by atoms with Crippen LogP contribution in [0.15, 0.2) is 259 Å². The first kappa shape index (κ1) is 39.0. The molecule has 0 spiro atoms. The number of nitrogens with zero attached hydrogens (tertiary/aromatic N) is 2. The van der Waals surface area contributed by atoms with Gasteiger partial charge in [0.2, 0.25) is 0 Å². The number of hydrogen-bond donors (Lipinski definition) is 0. The minimum absolute atomic E-state index is 0.884. The summed E-state index contributed by atoms with van der Waals surface area (Å²) < 4.78 is 8.71. The Morgan fingerprint density at radius 3 is 1.81 bits per heavy atom. The van der Waals surface area contributed by atoms with Crippen molar-refractivity contribution in [2.24, 2.45) is 0 Å². The molecule has 0 fully saturated rings. The summed E-state index contributed by atoms with van der Waals surface area (Å²) in [4.78, 5) is 2.45. The summed E-state index contributed by atoms with van der Waals surface area (Å²) in [5, 5.41) is 12.0. The third-order valence-corrected chi connectivity index (χ3v) is 14.1. The van der Waals surface area contributed by atoms with Crippen LogP contribution in [0.1, 0.15) is 0 Å². The molecule has 0 amide bonds. The van der Waals surface area contributed by atoms with Crippen molar-refractivity contribution in [3.8, 4) is 39.1 Å². The molecule has 69 heavy (non-hydrogen) atoms. The van der Waals surface area contributed by atoms with Crippen LogP contribution in [0, 0.1) is 0 Å². The van der Waals surface area contributed by atoms with Crippen molar-refractivity contribution in [3.05, 3.63) is 255 Å². The molecule has 0 saturated carbocycles. The lowest BCUT2D eigenvalue weighted by atomic mass is 9.90. The highest BCUT2D eigenvalue weighted by atomic mass is 16.3. The van der Waals surface area contributed by atoms with E-state index in [0.717, 1.165) is 72.5 Å². The normalized spacial score (nSPS) is 11.8. The van der Waals surface area contributed by atoms with Crippen molar-refractivity contribution in [3.63, 3.8) is 0 Å². The van der Waals surface area contributed by atoms with E-state index in [2.05, 4.69) is 258 Å². The lowest BCUT2D eigenvalue weighted by molar-refractivity contribution is 0.669. The summed E-state index contributed by atoms with van der Waals surface area (Å²) in [7, 11) is 0. The Labute approximate surface area is 399 Å². The van der Waals surface area contributed by atoms with Crippen molar-refractivity contribution in [2.45, 2.75) is 0 Å². The minimum Gasteiger partial charge on any atom is -0.456 e. The lowest BCUT2D eigenvalue weighted by Crippen LogP contribution is -2.12. The van der Waals surface area contributed by atoms with Crippen LogP contribution >= 0.6 is 0 Å². The molecular formula is C66H42N2O. The molecule has 0 bridgehead atoms. The first-order chi connectivity index (χ1) is 34.2. The predicted molar refractivity (Wildman–Crippen MR) is 292 cm³/mol. The van der Waals surface area contributed by atoms with Crippen LogP contribution in [0.2, 0.25) is 0 Å². The zero-order chi connectivity index (χ0) is 45.4. The van der Waals surface area contributed by atoms with Gasteiger partial charge < -0.3 is 13.9 Å². The Morgan fingerprint density at radius 2 is 0.928 bits per heavy atom. The fourth-order valence-corrected chi connectivity index (χ4v) is 10.9. The average Bonchev–Trinajstić information content (AvgIpc) is 3.96. The highest BCUT2D eigenvalue weighted by Crippen LogP contribution is 2.48. The second-order valence-corrected chi connectivity index (χ2v) is 18.1. The lowest BCUT2D eigenvalue weighted by Gasteiger charge is -2.30. The van der Waals surface area contributed by atoms with Crippen LogP contribution in [-0.4, -0.2) is 4.57 Å². The van der Waals surface area contributed by atoms with Gasteiger partial charge in [0.05, 0.1) is 16.7 Å². The molecule has 0 aliphatic heterocycles. The van der Waals surface area contributed by atoms with Crippen molar-refractivity contribution in [1.82, 2.24) is 4.57 Å². The summed E-state index contributed by atoms with van der Waals surface area (Å²) in [5.41, 5.74) is 15.5. The molecule has 2 heterocycles. The minimum atomic E-state index is 0.884. The largest absolute Gasteiger partial charge is 0.456 e. The second-order valence-electron chi connectivity index (χ2n) is 18.1.